The lowest BCUT2D eigenvalue weighted by Crippen LogP contribution is -2.24. The fourth-order valence-corrected chi connectivity index (χ4v) is 2.11. The molecule has 1 aliphatic rings. The van der Waals surface area contributed by atoms with E-state index in [9.17, 15) is 0 Å². The first-order chi connectivity index (χ1) is 6.75. The van der Waals surface area contributed by atoms with E-state index < -0.39 is 0 Å². The first kappa shape index (κ1) is 9.53. The maximum Gasteiger partial charge on any atom is 0.0347 e. The first-order valence-electron chi connectivity index (χ1n) is 5.34. The molecule has 0 saturated carbocycles. The van der Waals surface area contributed by atoms with Crippen molar-refractivity contribution in [3.63, 3.8) is 0 Å². The van der Waals surface area contributed by atoms with E-state index in [1.807, 2.05) is 6.07 Å². The number of hydrogen-bond donors (Lipinski definition) is 2. The molecule has 2 heteroatoms. The number of rotatable bonds is 2. The van der Waals surface area contributed by atoms with Crippen molar-refractivity contribution in [2.24, 2.45) is 0 Å². The summed E-state index contributed by atoms with van der Waals surface area (Å²) in [5.74, 6) is 0. The smallest absolute Gasteiger partial charge is 0.0347 e. The van der Waals surface area contributed by atoms with Gasteiger partial charge in [0.1, 0.15) is 0 Å². The average Bonchev–Trinajstić information content (AvgIpc) is 2.64. The Morgan fingerprint density at radius 2 is 2.36 bits per heavy atom. The Morgan fingerprint density at radius 1 is 1.50 bits per heavy atom. The van der Waals surface area contributed by atoms with E-state index >= 15 is 0 Å². The quantitative estimate of drug-likeness (QED) is 0.699. The van der Waals surface area contributed by atoms with E-state index in [-0.39, 0.29) is 0 Å². The zero-order valence-corrected chi connectivity index (χ0v) is 8.72. The third-order valence-electron chi connectivity index (χ3n) is 2.93. The van der Waals surface area contributed by atoms with Crippen LogP contribution in [0, 0.1) is 6.92 Å². The molecule has 1 atom stereocenters. The van der Waals surface area contributed by atoms with E-state index in [0.717, 1.165) is 18.7 Å². The van der Waals surface area contributed by atoms with Crippen molar-refractivity contribution in [3.8, 4) is 0 Å². The molecule has 0 bridgehead atoms. The Bertz CT molecular complexity index is 314. The van der Waals surface area contributed by atoms with Gasteiger partial charge in [-0.2, -0.15) is 0 Å². The van der Waals surface area contributed by atoms with E-state index in [0.29, 0.717) is 6.04 Å². The fourth-order valence-electron chi connectivity index (χ4n) is 2.11. The van der Waals surface area contributed by atoms with Crippen molar-refractivity contribution >= 4 is 5.69 Å². The van der Waals surface area contributed by atoms with Crippen LogP contribution in [0.5, 0.6) is 0 Å². The summed E-state index contributed by atoms with van der Waals surface area (Å²) in [5, 5.41) is 3.50. The van der Waals surface area contributed by atoms with Crippen molar-refractivity contribution in [3.05, 3.63) is 29.3 Å². The van der Waals surface area contributed by atoms with Crippen molar-refractivity contribution in [1.29, 1.82) is 0 Å². The van der Waals surface area contributed by atoms with Crippen molar-refractivity contribution in [1.82, 2.24) is 5.32 Å². The first-order valence-corrected chi connectivity index (χ1v) is 5.34. The minimum Gasteiger partial charge on any atom is -0.399 e. The maximum absolute atomic E-state index is 5.94. The van der Waals surface area contributed by atoms with Crippen LogP contribution in [0.1, 0.15) is 24.0 Å². The summed E-state index contributed by atoms with van der Waals surface area (Å²) in [4.78, 5) is 0. The Balaban J connectivity index is 2.10. The van der Waals surface area contributed by atoms with Gasteiger partial charge < -0.3 is 11.1 Å². The molecule has 0 aromatic heterocycles. The van der Waals surface area contributed by atoms with Gasteiger partial charge in [0.25, 0.3) is 0 Å². The molecule has 1 unspecified atom stereocenters. The van der Waals surface area contributed by atoms with Crippen LogP contribution in [-0.2, 0) is 6.42 Å². The summed E-state index contributed by atoms with van der Waals surface area (Å²) >= 11 is 0. The highest BCUT2D eigenvalue weighted by atomic mass is 14.9. The van der Waals surface area contributed by atoms with Crippen LogP contribution < -0.4 is 11.1 Å². The summed E-state index contributed by atoms with van der Waals surface area (Å²) in [5.41, 5.74) is 9.47. The van der Waals surface area contributed by atoms with Gasteiger partial charge in [0.15, 0.2) is 0 Å². The molecule has 2 nitrogen and oxygen atoms in total. The second-order valence-electron chi connectivity index (χ2n) is 4.20. The van der Waals surface area contributed by atoms with E-state index in [1.54, 1.807) is 0 Å². The number of nitrogen functional groups attached to an aromatic ring is 1. The predicted molar refractivity (Wildman–Crippen MR) is 60.3 cm³/mol. The molecule has 3 N–H and O–H groups in total. The monoisotopic (exact) mass is 190 g/mol. The van der Waals surface area contributed by atoms with Gasteiger partial charge in [-0.25, -0.2) is 0 Å². The highest BCUT2D eigenvalue weighted by Gasteiger charge is 2.15. The number of nitrogens with two attached hydrogens (primary N) is 1. The number of benzene rings is 1. The Kier molecular flexibility index (Phi) is 2.73. The largest absolute Gasteiger partial charge is 0.399 e. The van der Waals surface area contributed by atoms with Gasteiger partial charge in [0, 0.05) is 11.7 Å². The molecule has 76 valence electrons. The highest BCUT2D eigenvalue weighted by molar-refractivity contribution is 5.48. The van der Waals surface area contributed by atoms with Crippen LogP contribution in [0.2, 0.25) is 0 Å². The summed E-state index contributed by atoms with van der Waals surface area (Å²) in [6.07, 6.45) is 3.66. The summed E-state index contributed by atoms with van der Waals surface area (Å²) in [7, 11) is 0. The van der Waals surface area contributed by atoms with Crippen molar-refractivity contribution < 1.29 is 0 Å². The fraction of sp³-hybridized carbons (Fsp3) is 0.500. The van der Waals surface area contributed by atoms with Crippen LogP contribution >= 0.6 is 0 Å². The Labute approximate surface area is 85.5 Å². The molecule has 0 amide bonds. The number of hydrogen-bond acceptors (Lipinski definition) is 2. The topological polar surface area (TPSA) is 38.0 Å². The highest BCUT2D eigenvalue weighted by Crippen LogP contribution is 2.18. The van der Waals surface area contributed by atoms with Gasteiger partial charge in [0.05, 0.1) is 0 Å². The van der Waals surface area contributed by atoms with E-state index in [1.165, 1.54) is 24.0 Å². The van der Waals surface area contributed by atoms with Crippen molar-refractivity contribution in [2.45, 2.75) is 32.2 Å². The average molecular weight is 190 g/mol. The summed E-state index contributed by atoms with van der Waals surface area (Å²) in [6.45, 7) is 3.28. The molecule has 0 spiro atoms. The van der Waals surface area contributed by atoms with Crippen molar-refractivity contribution in [2.75, 3.05) is 12.3 Å². The lowest BCUT2D eigenvalue weighted by atomic mass is 10.0. The number of nitrogens with one attached hydrogen (secondary N) is 1. The maximum atomic E-state index is 5.94. The molecule has 1 aromatic carbocycles. The number of anilines is 1. The standard InChI is InChI=1S/C12H18N2/c1-9-4-5-12(13)10(7-9)8-11-3-2-6-14-11/h4-5,7,11,14H,2-3,6,8,13H2,1H3. The van der Waals surface area contributed by atoms with Gasteiger partial charge in [-0.1, -0.05) is 17.7 Å². The summed E-state index contributed by atoms with van der Waals surface area (Å²) in [6, 6.07) is 6.93. The molecule has 0 aliphatic carbocycles. The Hall–Kier alpha value is -1.02. The normalized spacial score (nSPS) is 21.4. The zero-order chi connectivity index (χ0) is 9.97. The SMILES string of the molecule is Cc1ccc(N)c(CC2CCCN2)c1. The lowest BCUT2D eigenvalue weighted by molar-refractivity contribution is 0.604. The second-order valence-corrected chi connectivity index (χ2v) is 4.20. The molecule has 1 fully saturated rings. The molecule has 1 aromatic rings. The molecule has 1 aliphatic heterocycles. The van der Waals surface area contributed by atoms with Gasteiger partial charge in [-0.15, -0.1) is 0 Å². The molecule has 1 saturated heterocycles. The van der Waals surface area contributed by atoms with Crippen LogP contribution in [-0.4, -0.2) is 12.6 Å². The minimum atomic E-state index is 0.638. The van der Waals surface area contributed by atoms with Gasteiger partial charge in [0.2, 0.25) is 0 Å². The van der Waals surface area contributed by atoms with Gasteiger partial charge in [-0.3, -0.25) is 0 Å². The van der Waals surface area contributed by atoms with Crippen LogP contribution in [0.25, 0.3) is 0 Å². The number of aryl methyl sites for hydroxylation is 1. The molecular formula is C12H18N2. The summed E-state index contributed by atoms with van der Waals surface area (Å²) < 4.78 is 0. The van der Waals surface area contributed by atoms with E-state index in [2.05, 4.69) is 24.4 Å². The molecule has 1 heterocycles. The third-order valence-corrected chi connectivity index (χ3v) is 2.93. The lowest BCUT2D eigenvalue weighted by Gasteiger charge is -2.12. The van der Waals surface area contributed by atoms with Gasteiger partial charge in [-0.05, 0) is 44.4 Å². The zero-order valence-electron chi connectivity index (χ0n) is 8.72. The van der Waals surface area contributed by atoms with Crippen LogP contribution in [0.4, 0.5) is 5.69 Å². The molecule has 2 rings (SSSR count). The van der Waals surface area contributed by atoms with Gasteiger partial charge >= 0.3 is 0 Å². The predicted octanol–water partition coefficient (Wildman–Crippen LogP) is 1.87. The third kappa shape index (κ3) is 2.07. The van der Waals surface area contributed by atoms with Crippen LogP contribution in [0.15, 0.2) is 18.2 Å². The minimum absolute atomic E-state index is 0.638. The van der Waals surface area contributed by atoms with Crippen LogP contribution in [0.3, 0.4) is 0 Å². The molecule has 0 radical (unpaired) electrons. The van der Waals surface area contributed by atoms with E-state index in [4.69, 9.17) is 5.73 Å². The molecular weight excluding hydrogens is 172 g/mol. The Morgan fingerprint density at radius 3 is 3.07 bits per heavy atom. The molecule has 14 heavy (non-hydrogen) atoms. The second kappa shape index (κ2) is 4.01.